The summed E-state index contributed by atoms with van der Waals surface area (Å²) in [6.45, 7) is 3.19. The number of hydroxylamine groups is 1. The maximum atomic E-state index is 8.56. The van der Waals surface area contributed by atoms with Crippen molar-refractivity contribution in [3.05, 3.63) is 29.8 Å². The van der Waals surface area contributed by atoms with Gasteiger partial charge in [-0.1, -0.05) is 25.1 Å². The molecule has 0 spiro atoms. The highest BCUT2D eigenvalue weighted by Crippen LogP contribution is 2.17. The van der Waals surface area contributed by atoms with Crippen LogP contribution in [0.4, 0.5) is 0 Å². The van der Waals surface area contributed by atoms with Gasteiger partial charge in [0.15, 0.2) is 0 Å². The Bertz CT molecular complexity index is 250. The van der Waals surface area contributed by atoms with Crippen LogP contribution in [0.1, 0.15) is 18.9 Å². The highest BCUT2D eigenvalue weighted by molar-refractivity contribution is 5.32. The van der Waals surface area contributed by atoms with Crippen molar-refractivity contribution >= 4 is 0 Å². The lowest BCUT2D eigenvalue weighted by molar-refractivity contribution is 0.159. The molecule has 13 heavy (non-hydrogen) atoms. The van der Waals surface area contributed by atoms with E-state index < -0.39 is 0 Å². The summed E-state index contributed by atoms with van der Waals surface area (Å²) in [5.74, 6) is 0.839. The molecule has 0 saturated carbocycles. The molecule has 0 heterocycles. The maximum Gasteiger partial charge on any atom is 0.123 e. The van der Waals surface area contributed by atoms with Gasteiger partial charge in [0.1, 0.15) is 5.75 Å². The summed E-state index contributed by atoms with van der Waals surface area (Å²) in [7, 11) is 0. The number of benzene rings is 1. The van der Waals surface area contributed by atoms with Gasteiger partial charge in [0.2, 0.25) is 0 Å². The smallest absolute Gasteiger partial charge is 0.123 e. The SMILES string of the molecule is CCCOc1ccccc1CNO. The van der Waals surface area contributed by atoms with Crippen LogP contribution >= 0.6 is 0 Å². The number of nitrogens with one attached hydrogen (secondary N) is 1. The van der Waals surface area contributed by atoms with Crippen LogP contribution in [-0.4, -0.2) is 11.8 Å². The Morgan fingerprint density at radius 1 is 1.38 bits per heavy atom. The fraction of sp³-hybridized carbons (Fsp3) is 0.400. The van der Waals surface area contributed by atoms with E-state index in [-0.39, 0.29) is 0 Å². The summed E-state index contributed by atoms with van der Waals surface area (Å²) in [6.07, 6.45) is 0.987. The normalized spacial score (nSPS) is 10.0. The van der Waals surface area contributed by atoms with Gasteiger partial charge in [-0.05, 0) is 12.5 Å². The molecular formula is C10H15NO2. The molecule has 1 aromatic rings. The first kappa shape index (κ1) is 10.0. The fourth-order valence-electron chi connectivity index (χ4n) is 1.09. The molecule has 3 nitrogen and oxygen atoms in total. The van der Waals surface area contributed by atoms with Crippen molar-refractivity contribution in [3.63, 3.8) is 0 Å². The second kappa shape index (κ2) is 5.56. The molecular weight excluding hydrogens is 166 g/mol. The number of rotatable bonds is 5. The molecule has 3 heteroatoms. The van der Waals surface area contributed by atoms with E-state index in [2.05, 4.69) is 12.4 Å². The lowest BCUT2D eigenvalue weighted by Crippen LogP contribution is -2.08. The van der Waals surface area contributed by atoms with E-state index in [1.165, 1.54) is 0 Å². The number of hydrogen-bond donors (Lipinski definition) is 2. The fourth-order valence-corrected chi connectivity index (χ4v) is 1.09. The lowest BCUT2D eigenvalue weighted by Gasteiger charge is -2.09. The van der Waals surface area contributed by atoms with Gasteiger partial charge in [-0.3, -0.25) is 0 Å². The van der Waals surface area contributed by atoms with Crippen molar-refractivity contribution in [1.82, 2.24) is 5.48 Å². The summed E-state index contributed by atoms with van der Waals surface area (Å²) in [4.78, 5) is 0. The summed E-state index contributed by atoms with van der Waals surface area (Å²) < 4.78 is 5.49. The Morgan fingerprint density at radius 3 is 2.85 bits per heavy atom. The van der Waals surface area contributed by atoms with Gasteiger partial charge in [-0.25, -0.2) is 5.48 Å². The molecule has 0 aliphatic heterocycles. The minimum Gasteiger partial charge on any atom is -0.493 e. The van der Waals surface area contributed by atoms with Crippen LogP contribution in [-0.2, 0) is 6.54 Å². The Kier molecular flexibility index (Phi) is 4.29. The molecule has 0 aliphatic carbocycles. The molecule has 2 N–H and O–H groups in total. The zero-order chi connectivity index (χ0) is 9.52. The largest absolute Gasteiger partial charge is 0.493 e. The monoisotopic (exact) mass is 181 g/mol. The first-order valence-electron chi connectivity index (χ1n) is 4.46. The number of ether oxygens (including phenoxy) is 1. The maximum absolute atomic E-state index is 8.56. The van der Waals surface area contributed by atoms with Crippen LogP contribution in [0.3, 0.4) is 0 Å². The minimum absolute atomic E-state index is 0.417. The third kappa shape index (κ3) is 3.05. The quantitative estimate of drug-likeness (QED) is 0.682. The Hall–Kier alpha value is -1.06. The van der Waals surface area contributed by atoms with E-state index >= 15 is 0 Å². The number of para-hydroxylation sites is 1. The van der Waals surface area contributed by atoms with E-state index in [4.69, 9.17) is 9.94 Å². The van der Waals surface area contributed by atoms with E-state index in [9.17, 15) is 0 Å². The molecule has 0 amide bonds. The van der Waals surface area contributed by atoms with Gasteiger partial charge in [-0.2, -0.15) is 0 Å². The van der Waals surface area contributed by atoms with Crippen molar-refractivity contribution in [2.75, 3.05) is 6.61 Å². The van der Waals surface area contributed by atoms with Gasteiger partial charge in [0.25, 0.3) is 0 Å². The predicted octanol–water partition coefficient (Wildman–Crippen LogP) is 1.95. The summed E-state index contributed by atoms with van der Waals surface area (Å²) in [5, 5.41) is 8.56. The van der Waals surface area contributed by atoms with Crippen molar-refractivity contribution < 1.29 is 9.94 Å². The Morgan fingerprint density at radius 2 is 2.15 bits per heavy atom. The van der Waals surface area contributed by atoms with Crippen molar-refractivity contribution in [2.45, 2.75) is 19.9 Å². The summed E-state index contributed by atoms with van der Waals surface area (Å²) >= 11 is 0. The highest BCUT2D eigenvalue weighted by atomic mass is 16.5. The molecule has 0 aliphatic rings. The molecule has 0 bridgehead atoms. The molecule has 0 radical (unpaired) electrons. The molecule has 0 aromatic heterocycles. The van der Waals surface area contributed by atoms with Gasteiger partial charge >= 0.3 is 0 Å². The molecule has 1 aromatic carbocycles. The summed E-state index contributed by atoms with van der Waals surface area (Å²) in [5.41, 5.74) is 3.09. The van der Waals surface area contributed by atoms with Gasteiger partial charge < -0.3 is 9.94 Å². The lowest BCUT2D eigenvalue weighted by atomic mass is 10.2. The summed E-state index contributed by atoms with van der Waals surface area (Å²) in [6, 6.07) is 7.67. The molecule has 72 valence electrons. The third-order valence-corrected chi connectivity index (χ3v) is 1.70. The van der Waals surface area contributed by atoms with E-state index in [0.717, 1.165) is 17.7 Å². The second-order valence-electron chi connectivity index (χ2n) is 2.79. The minimum atomic E-state index is 0.417. The van der Waals surface area contributed by atoms with Gasteiger partial charge in [0, 0.05) is 12.1 Å². The molecule has 0 atom stereocenters. The van der Waals surface area contributed by atoms with Crippen LogP contribution in [0.2, 0.25) is 0 Å². The second-order valence-corrected chi connectivity index (χ2v) is 2.79. The van der Waals surface area contributed by atoms with Crippen LogP contribution < -0.4 is 10.2 Å². The van der Waals surface area contributed by atoms with Crippen LogP contribution in [0.15, 0.2) is 24.3 Å². The Labute approximate surface area is 78.3 Å². The van der Waals surface area contributed by atoms with Gasteiger partial charge in [-0.15, -0.1) is 0 Å². The first-order valence-corrected chi connectivity index (χ1v) is 4.46. The zero-order valence-corrected chi connectivity index (χ0v) is 7.79. The topological polar surface area (TPSA) is 41.5 Å². The molecule has 0 saturated heterocycles. The molecule has 0 unspecified atom stereocenters. The van der Waals surface area contributed by atoms with Crippen molar-refractivity contribution in [3.8, 4) is 5.75 Å². The standard InChI is InChI=1S/C10H15NO2/c1-2-7-13-10-6-4-3-5-9(10)8-11-12/h3-6,11-12H,2,7-8H2,1H3. The van der Waals surface area contributed by atoms with Crippen LogP contribution in [0.5, 0.6) is 5.75 Å². The van der Waals surface area contributed by atoms with Crippen molar-refractivity contribution in [1.29, 1.82) is 0 Å². The van der Waals surface area contributed by atoms with E-state index in [1.807, 2.05) is 24.3 Å². The third-order valence-electron chi connectivity index (χ3n) is 1.70. The number of hydrogen-bond acceptors (Lipinski definition) is 3. The van der Waals surface area contributed by atoms with Crippen LogP contribution in [0, 0.1) is 0 Å². The molecule has 0 fully saturated rings. The Balaban J connectivity index is 2.66. The van der Waals surface area contributed by atoms with Gasteiger partial charge in [0.05, 0.1) is 6.61 Å². The first-order chi connectivity index (χ1) is 6.38. The van der Waals surface area contributed by atoms with E-state index in [0.29, 0.717) is 13.2 Å². The molecule has 1 rings (SSSR count). The predicted molar refractivity (Wildman–Crippen MR) is 50.9 cm³/mol. The zero-order valence-electron chi connectivity index (χ0n) is 7.79. The average molecular weight is 181 g/mol. The van der Waals surface area contributed by atoms with Crippen molar-refractivity contribution in [2.24, 2.45) is 0 Å². The van der Waals surface area contributed by atoms with Crippen LogP contribution in [0.25, 0.3) is 0 Å². The average Bonchev–Trinajstić information content (AvgIpc) is 2.17. The highest BCUT2D eigenvalue weighted by Gasteiger charge is 2.00. The van der Waals surface area contributed by atoms with E-state index in [1.54, 1.807) is 0 Å².